The quantitative estimate of drug-likeness (QED) is 0.403. The fourth-order valence-corrected chi connectivity index (χ4v) is 1.20. The lowest BCUT2D eigenvalue weighted by atomic mass is 10.0. The summed E-state index contributed by atoms with van der Waals surface area (Å²) in [6.07, 6.45) is 2.96. The molecule has 3 N–H and O–H groups in total. The second kappa shape index (κ2) is 4.37. The first-order valence-corrected chi connectivity index (χ1v) is 4.29. The zero-order valence-corrected chi connectivity index (χ0v) is 8.14. The molecule has 0 amide bonds. The number of hydrogen-bond donors (Lipinski definition) is 3. The molecule has 0 heterocycles. The van der Waals surface area contributed by atoms with Gasteiger partial charge >= 0.3 is 0 Å². The Kier molecular flexibility index (Phi) is 3.18. The van der Waals surface area contributed by atoms with Crippen molar-refractivity contribution in [2.45, 2.75) is 0 Å². The molecule has 0 atom stereocenters. The fraction of sp³-hybridized carbons (Fsp3) is 0. The normalized spacial score (nSPS) is 11.1. The van der Waals surface area contributed by atoms with Crippen LogP contribution in [0.1, 0.15) is 5.56 Å². The zero-order chi connectivity index (χ0) is 11.4. The van der Waals surface area contributed by atoms with Crippen LogP contribution in [0.4, 0.5) is 0 Å². The van der Waals surface area contributed by atoms with Crippen molar-refractivity contribution >= 4 is 5.57 Å². The lowest BCUT2D eigenvalue weighted by molar-refractivity contribution is 0.436. The van der Waals surface area contributed by atoms with E-state index in [0.717, 1.165) is 0 Å². The van der Waals surface area contributed by atoms with E-state index in [0.29, 0.717) is 11.1 Å². The summed E-state index contributed by atoms with van der Waals surface area (Å²) in [7, 11) is 0. The van der Waals surface area contributed by atoms with Gasteiger partial charge < -0.3 is 15.3 Å². The molecule has 0 aromatic heterocycles. The van der Waals surface area contributed by atoms with Crippen molar-refractivity contribution in [3.8, 4) is 11.5 Å². The van der Waals surface area contributed by atoms with E-state index in [1.807, 2.05) is 0 Å². The van der Waals surface area contributed by atoms with Gasteiger partial charge in [-0.1, -0.05) is 25.3 Å². The van der Waals surface area contributed by atoms with Crippen molar-refractivity contribution in [1.82, 2.24) is 0 Å². The number of aliphatic hydroxyl groups excluding tert-OH is 1. The van der Waals surface area contributed by atoms with Gasteiger partial charge in [0.1, 0.15) is 17.3 Å². The molecule has 0 radical (unpaired) electrons. The highest BCUT2D eigenvalue weighted by Gasteiger charge is 2.10. The van der Waals surface area contributed by atoms with Gasteiger partial charge in [0.05, 0.1) is 0 Å². The van der Waals surface area contributed by atoms with Crippen molar-refractivity contribution in [2.24, 2.45) is 0 Å². The zero-order valence-electron chi connectivity index (χ0n) is 8.14. The minimum Gasteiger partial charge on any atom is -0.508 e. The molecule has 1 rings (SSSR count). The third-order valence-electron chi connectivity index (χ3n) is 1.87. The highest BCUT2D eigenvalue weighted by atomic mass is 16.3. The maximum atomic E-state index is 9.54. The smallest absolute Gasteiger partial charge is 0.123 e. The monoisotopic (exact) mass is 204 g/mol. The number of phenols is 2. The van der Waals surface area contributed by atoms with Gasteiger partial charge in [-0.3, -0.25) is 0 Å². The third kappa shape index (κ3) is 2.40. The Morgan fingerprint density at radius 1 is 1.27 bits per heavy atom. The molecule has 15 heavy (non-hydrogen) atoms. The van der Waals surface area contributed by atoms with Crippen LogP contribution in [0.15, 0.2) is 49.3 Å². The summed E-state index contributed by atoms with van der Waals surface area (Å²) < 4.78 is 0. The average Bonchev–Trinajstić information content (AvgIpc) is 2.18. The number of rotatable bonds is 3. The predicted molar refractivity (Wildman–Crippen MR) is 59.7 cm³/mol. The van der Waals surface area contributed by atoms with E-state index in [1.165, 1.54) is 30.4 Å². The number of aliphatic hydroxyl groups is 1. The van der Waals surface area contributed by atoms with Crippen LogP contribution in [0.3, 0.4) is 0 Å². The van der Waals surface area contributed by atoms with Crippen LogP contribution in [0.5, 0.6) is 11.5 Å². The molecule has 1 aromatic rings. The Bertz CT molecular complexity index is 430. The van der Waals surface area contributed by atoms with Gasteiger partial charge in [0, 0.05) is 11.1 Å². The van der Waals surface area contributed by atoms with Crippen molar-refractivity contribution < 1.29 is 15.3 Å². The first-order valence-electron chi connectivity index (χ1n) is 4.29. The van der Waals surface area contributed by atoms with Gasteiger partial charge in [-0.25, -0.2) is 0 Å². The van der Waals surface area contributed by atoms with E-state index in [4.69, 9.17) is 0 Å². The summed E-state index contributed by atoms with van der Waals surface area (Å²) >= 11 is 0. The molecule has 0 aliphatic carbocycles. The highest BCUT2D eigenvalue weighted by Crippen LogP contribution is 2.31. The second-order valence-corrected chi connectivity index (χ2v) is 2.96. The van der Waals surface area contributed by atoms with Gasteiger partial charge in [-0.05, 0) is 18.2 Å². The van der Waals surface area contributed by atoms with Crippen molar-refractivity contribution in [3.05, 3.63) is 54.8 Å². The SMILES string of the molecule is C=C/C=C(\C(=C)O)c1cc(O)ccc1O. The van der Waals surface area contributed by atoms with Crippen LogP contribution in [0.2, 0.25) is 0 Å². The van der Waals surface area contributed by atoms with Crippen LogP contribution >= 0.6 is 0 Å². The molecule has 0 aliphatic heterocycles. The largest absolute Gasteiger partial charge is 0.508 e. The van der Waals surface area contributed by atoms with E-state index >= 15 is 0 Å². The standard InChI is InChI=1S/C12H12O3/c1-3-4-10(8(2)13)11-7-9(14)5-6-12(11)15/h3-7,13-15H,1-2H2/b10-4+. The third-order valence-corrected chi connectivity index (χ3v) is 1.87. The molecule has 78 valence electrons. The maximum Gasteiger partial charge on any atom is 0.123 e. The van der Waals surface area contributed by atoms with Crippen LogP contribution in [0, 0.1) is 0 Å². The first kappa shape index (κ1) is 10.9. The summed E-state index contributed by atoms with van der Waals surface area (Å²) in [5.74, 6) is -0.245. The number of aromatic hydroxyl groups is 2. The van der Waals surface area contributed by atoms with Crippen molar-refractivity contribution in [2.75, 3.05) is 0 Å². The van der Waals surface area contributed by atoms with Crippen LogP contribution in [-0.4, -0.2) is 15.3 Å². The van der Waals surface area contributed by atoms with Gasteiger partial charge in [-0.2, -0.15) is 0 Å². The molecular formula is C12H12O3. The van der Waals surface area contributed by atoms with Gasteiger partial charge in [-0.15, -0.1) is 0 Å². The molecule has 3 heteroatoms. The lowest BCUT2D eigenvalue weighted by Crippen LogP contribution is -1.88. The van der Waals surface area contributed by atoms with Crippen LogP contribution in [0.25, 0.3) is 5.57 Å². The van der Waals surface area contributed by atoms with Crippen LogP contribution < -0.4 is 0 Å². The molecule has 3 nitrogen and oxygen atoms in total. The maximum absolute atomic E-state index is 9.54. The first-order chi connectivity index (χ1) is 7.06. The molecular weight excluding hydrogens is 192 g/mol. The van der Waals surface area contributed by atoms with E-state index in [1.54, 1.807) is 0 Å². The molecule has 0 fully saturated rings. The van der Waals surface area contributed by atoms with E-state index in [2.05, 4.69) is 13.2 Å². The molecule has 0 bridgehead atoms. The molecule has 0 saturated heterocycles. The number of hydrogen-bond acceptors (Lipinski definition) is 3. The molecule has 1 aromatic carbocycles. The van der Waals surface area contributed by atoms with Gasteiger partial charge in [0.2, 0.25) is 0 Å². The van der Waals surface area contributed by atoms with E-state index in [9.17, 15) is 15.3 Å². The number of allylic oxidation sites excluding steroid dienone is 3. The Morgan fingerprint density at radius 3 is 2.47 bits per heavy atom. The minimum absolute atomic E-state index is 0.000915. The molecule has 0 aliphatic rings. The summed E-state index contributed by atoms with van der Waals surface area (Å²) in [6, 6.07) is 4.03. The highest BCUT2D eigenvalue weighted by molar-refractivity contribution is 5.81. The van der Waals surface area contributed by atoms with Crippen molar-refractivity contribution in [3.63, 3.8) is 0 Å². The molecule has 0 unspecified atom stereocenters. The Balaban J connectivity index is 3.34. The molecule has 0 saturated carbocycles. The Morgan fingerprint density at radius 2 is 1.93 bits per heavy atom. The molecule has 0 spiro atoms. The minimum atomic E-state index is -0.198. The summed E-state index contributed by atoms with van der Waals surface area (Å²) in [5, 5.41) is 28.1. The summed E-state index contributed by atoms with van der Waals surface area (Å²) in [4.78, 5) is 0. The average molecular weight is 204 g/mol. The van der Waals surface area contributed by atoms with E-state index in [-0.39, 0.29) is 17.3 Å². The fourth-order valence-electron chi connectivity index (χ4n) is 1.20. The lowest BCUT2D eigenvalue weighted by Gasteiger charge is -2.08. The van der Waals surface area contributed by atoms with Crippen molar-refractivity contribution in [1.29, 1.82) is 0 Å². The van der Waals surface area contributed by atoms with Gasteiger partial charge in [0.15, 0.2) is 0 Å². The van der Waals surface area contributed by atoms with E-state index < -0.39 is 0 Å². The Hall–Kier alpha value is -2.16. The number of phenolic OH excluding ortho intramolecular Hbond substituents is 2. The predicted octanol–water partition coefficient (Wildman–Crippen LogP) is 2.74. The summed E-state index contributed by atoms with van der Waals surface area (Å²) in [5.41, 5.74) is 0.626. The Labute approximate surface area is 87.9 Å². The topological polar surface area (TPSA) is 60.7 Å². The summed E-state index contributed by atoms with van der Waals surface area (Å²) in [6.45, 7) is 6.86. The van der Waals surface area contributed by atoms with Crippen LogP contribution in [-0.2, 0) is 0 Å². The van der Waals surface area contributed by atoms with Gasteiger partial charge in [0.25, 0.3) is 0 Å². The second-order valence-electron chi connectivity index (χ2n) is 2.96. The number of benzene rings is 1.